The second-order valence-corrected chi connectivity index (χ2v) is 12.2. The first kappa shape index (κ1) is 27.7. The van der Waals surface area contributed by atoms with Gasteiger partial charge in [0.2, 0.25) is 5.91 Å². The van der Waals surface area contributed by atoms with Gasteiger partial charge in [0.1, 0.15) is 6.04 Å². The minimum Gasteiger partial charge on any atom is -0.465 e. The van der Waals surface area contributed by atoms with Crippen LogP contribution in [0, 0.1) is 24.7 Å². The number of amides is 2. The van der Waals surface area contributed by atoms with Crippen LogP contribution in [-0.4, -0.2) is 69.6 Å². The lowest BCUT2D eigenvalue weighted by Crippen LogP contribution is -2.59. The van der Waals surface area contributed by atoms with Crippen molar-refractivity contribution in [2.45, 2.75) is 55.7 Å². The summed E-state index contributed by atoms with van der Waals surface area (Å²) in [6.45, 7) is 13.3. The maximum Gasteiger partial charge on any atom is 0.310 e. The van der Waals surface area contributed by atoms with Gasteiger partial charge < -0.3 is 19.6 Å². The van der Waals surface area contributed by atoms with Crippen LogP contribution in [0.2, 0.25) is 5.02 Å². The Bertz CT molecular complexity index is 1090. The van der Waals surface area contributed by atoms with Gasteiger partial charge in [-0.25, -0.2) is 0 Å². The van der Waals surface area contributed by atoms with E-state index >= 15 is 0 Å². The first-order valence-electron chi connectivity index (χ1n) is 12.7. The van der Waals surface area contributed by atoms with Gasteiger partial charge >= 0.3 is 5.97 Å². The van der Waals surface area contributed by atoms with Gasteiger partial charge in [-0.15, -0.1) is 24.9 Å². The number of hydrogen-bond donors (Lipinski definition) is 1. The minimum atomic E-state index is -0.876. The van der Waals surface area contributed by atoms with Crippen molar-refractivity contribution in [2.75, 3.05) is 24.7 Å². The van der Waals surface area contributed by atoms with E-state index < -0.39 is 34.6 Å². The molecule has 0 aliphatic carbocycles. The molecule has 2 bridgehead atoms. The molecule has 1 N–H and O–H groups in total. The van der Waals surface area contributed by atoms with Crippen molar-refractivity contribution >= 4 is 46.8 Å². The van der Waals surface area contributed by atoms with Crippen molar-refractivity contribution in [3.63, 3.8) is 0 Å². The molecule has 3 aliphatic heterocycles. The average Bonchev–Trinajstić information content (AvgIpc) is 3.46. The molecule has 37 heavy (non-hydrogen) atoms. The van der Waals surface area contributed by atoms with Crippen LogP contribution in [0.5, 0.6) is 0 Å². The highest BCUT2D eigenvalue weighted by atomic mass is 35.5. The molecule has 7 atom stereocenters. The van der Waals surface area contributed by atoms with Crippen molar-refractivity contribution in [1.82, 2.24) is 4.90 Å². The summed E-state index contributed by atoms with van der Waals surface area (Å²) in [7, 11) is 0. The number of likely N-dealkylation sites (tertiary alicyclic amines) is 1. The van der Waals surface area contributed by atoms with E-state index in [1.165, 1.54) is 4.90 Å². The molecule has 3 unspecified atom stereocenters. The summed E-state index contributed by atoms with van der Waals surface area (Å²) in [6, 6.07) is 3.95. The summed E-state index contributed by atoms with van der Waals surface area (Å²) in [4.78, 5) is 45.0. The topological polar surface area (TPSA) is 87.1 Å². The number of esters is 1. The van der Waals surface area contributed by atoms with Gasteiger partial charge in [0.05, 0.1) is 46.5 Å². The van der Waals surface area contributed by atoms with Gasteiger partial charge in [0.15, 0.2) is 0 Å². The molecule has 200 valence electrons. The van der Waals surface area contributed by atoms with Crippen LogP contribution < -0.4 is 4.90 Å². The Morgan fingerprint density at radius 3 is 2.73 bits per heavy atom. The summed E-state index contributed by atoms with van der Waals surface area (Å²) in [5, 5.41) is 10.4. The van der Waals surface area contributed by atoms with E-state index in [1.54, 1.807) is 41.8 Å². The smallest absolute Gasteiger partial charge is 0.310 e. The van der Waals surface area contributed by atoms with Crippen LogP contribution in [0.4, 0.5) is 5.69 Å². The number of nitrogens with zero attached hydrogens (tertiary/aromatic N) is 2. The van der Waals surface area contributed by atoms with Crippen LogP contribution in [0.1, 0.15) is 32.3 Å². The molecular formula is C28H35ClN2O5S. The molecule has 1 aromatic carbocycles. The van der Waals surface area contributed by atoms with Crippen molar-refractivity contribution in [1.29, 1.82) is 0 Å². The van der Waals surface area contributed by atoms with E-state index in [0.29, 0.717) is 23.6 Å². The number of thioether (sulfide) groups is 1. The molecule has 0 radical (unpaired) electrons. The predicted molar refractivity (Wildman–Crippen MR) is 147 cm³/mol. The molecule has 1 aromatic rings. The zero-order chi connectivity index (χ0) is 27.1. The van der Waals surface area contributed by atoms with Crippen molar-refractivity contribution in [3.8, 4) is 0 Å². The Hall–Kier alpha value is -2.29. The fourth-order valence-electron chi connectivity index (χ4n) is 6.44. The predicted octanol–water partition coefficient (Wildman–Crippen LogP) is 4.00. The second-order valence-electron chi connectivity index (χ2n) is 10.2. The fraction of sp³-hybridized carbons (Fsp3) is 0.536. The normalized spacial score (nSPS) is 30.7. The molecule has 7 nitrogen and oxygen atoms in total. The van der Waals surface area contributed by atoms with Crippen LogP contribution >= 0.6 is 23.4 Å². The number of rotatable bonds is 10. The van der Waals surface area contributed by atoms with Gasteiger partial charge in [0, 0.05) is 11.8 Å². The van der Waals surface area contributed by atoms with Crippen molar-refractivity contribution in [2.24, 2.45) is 17.8 Å². The number of ether oxygens (including phenoxy) is 1. The van der Waals surface area contributed by atoms with Crippen LogP contribution in [-0.2, 0) is 19.1 Å². The Kier molecular flexibility index (Phi) is 8.12. The summed E-state index contributed by atoms with van der Waals surface area (Å²) in [5.41, 5.74) is 1.39. The van der Waals surface area contributed by atoms with Crippen molar-refractivity contribution in [3.05, 3.63) is 54.1 Å². The average molecular weight is 547 g/mol. The Labute approximate surface area is 227 Å². The second kappa shape index (κ2) is 10.8. The number of aliphatic hydroxyl groups excluding tert-OH is 1. The highest BCUT2D eigenvalue weighted by molar-refractivity contribution is 8.02. The highest BCUT2D eigenvalue weighted by Crippen LogP contribution is 2.69. The summed E-state index contributed by atoms with van der Waals surface area (Å²) in [5.74, 6) is -2.31. The van der Waals surface area contributed by atoms with Gasteiger partial charge in [-0.2, -0.15) is 0 Å². The van der Waals surface area contributed by atoms with Crippen LogP contribution in [0.25, 0.3) is 0 Å². The van der Waals surface area contributed by atoms with E-state index in [1.807, 2.05) is 19.1 Å². The first-order chi connectivity index (χ1) is 17.6. The highest BCUT2D eigenvalue weighted by Gasteiger charge is 2.77. The Balaban J connectivity index is 1.82. The minimum absolute atomic E-state index is 0.00330. The number of benzene rings is 1. The number of hydrogen-bond acceptors (Lipinski definition) is 6. The van der Waals surface area contributed by atoms with E-state index in [9.17, 15) is 19.5 Å². The molecule has 1 spiro atoms. The Morgan fingerprint density at radius 2 is 2.11 bits per heavy atom. The zero-order valence-corrected chi connectivity index (χ0v) is 23.1. The van der Waals surface area contributed by atoms with Crippen LogP contribution in [0.15, 0.2) is 43.5 Å². The zero-order valence-electron chi connectivity index (χ0n) is 21.6. The number of aryl methyl sites for hydroxylation is 1. The molecular weight excluding hydrogens is 512 g/mol. The standard InChI is InChI=1S/C28H35ClN2O5S/c1-6-8-13-36-27(35)21-20-14-17(4)28(37-20)22(21)25(33)31(18(5)15-32)24(28)26(34)30(12-7-2)23-16(3)10-9-11-19(23)29/h6-7,9-11,17-18,20-22,24,32H,1-2,8,12-15H2,3-5H3/t17?,18-,20-,21+,22+,24?,28?/m1/s1. The van der Waals surface area contributed by atoms with E-state index in [-0.39, 0.29) is 42.7 Å². The van der Waals surface area contributed by atoms with Gasteiger partial charge in [-0.1, -0.05) is 42.8 Å². The van der Waals surface area contributed by atoms with E-state index in [2.05, 4.69) is 20.1 Å². The molecule has 3 saturated heterocycles. The fourth-order valence-corrected chi connectivity index (χ4v) is 9.16. The lowest BCUT2D eigenvalue weighted by atomic mass is 9.66. The van der Waals surface area contributed by atoms with E-state index in [0.717, 1.165) is 5.56 Å². The van der Waals surface area contributed by atoms with Gasteiger partial charge in [0.25, 0.3) is 5.91 Å². The number of para-hydroxylation sites is 1. The first-order valence-corrected chi connectivity index (χ1v) is 14.0. The lowest BCUT2D eigenvalue weighted by Gasteiger charge is -2.41. The summed E-state index contributed by atoms with van der Waals surface area (Å²) < 4.78 is 4.72. The van der Waals surface area contributed by atoms with E-state index in [4.69, 9.17) is 16.3 Å². The molecule has 3 heterocycles. The monoisotopic (exact) mass is 546 g/mol. The third-order valence-corrected chi connectivity index (χ3v) is 10.4. The molecule has 4 rings (SSSR count). The molecule has 3 fully saturated rings. The maximum atomic E-state index is 14.6. The molecule has 3 aliphatic rings. The molecule has 0 aromatic heterocycles. The number of fused-ring (bicyclic) bond motifs is 1. The number of anilines is 1. The molecule has 9 heteroatoms. The SMILES string of the molecule is C=CCCOC(=O)[C@@H]1[C@H]2C(=O)N([C@H](C)CO)C(C(=O)N(CC=C)c3c(C)cccc3Cl)C23S[C@@H]1CC3C. The molecule has 0 saturated carbocycles. The maximum absolute atomic E-state index is 14.6. The van der Waals surface area contributed by atoms with Gasteiger partial charge in [-0.3, -0.25) is 14.4 Å². The number of carbonyl (C=O) groups is 3. The summed E-state index contributed by atoms with van der Waals surface area (Å²) in [6.07, 6.45) is 4.54. The third kappa shape index (κ3) is 4.31. The number of halogens is 1. The Morgan fingerprint density at radius 1 is 1.38 bits per heavy atom. The van der Waals surface area contributed by atoms with Gasteiger partial charge in [-0.05, 0) is 44.2 Å². The lowest BCUT2D eigenvalue weighted by molar-refractivity contribution is -0.154. The van der Waals surface area contributed by atoms with Crippen LogP contribution in [0.3, 0.4) is 0 Å². The quantitative estimate of drug-likeness (QED) is 0.271. The summed E-state index contributed by atoms with van der Waals surface area (Å²) >= 11 is 8.16. The number of aliphatic hydroxyl groups is 1. The molecule has 2 amide bonds. The largest absolute Gasteiger partial charge is 0.465 e. The third-order valence-electron chi connectivity index (χ3n) is 8.03. The van der Waals surface area contributed by atoms with Crippen molar-refractivity contribution < 1.29 is 24.2 Å². The number of carbonyl (C=O) groups excluding carboxylic acids is 3.